The predicted octanol–water partition coefficient (Wildman–Crippen LogP) is 2.82. The number of nitrogens with zero attached hydrogens (tertiary/aromatic N) is 1. The van der Waals surface area contributed by atoms with Crippen LogP contribution in [0.4, 0.5) is 5.69 Å². The Morgan fingerprint density at radius 1 is 1.56 bits per heavy atom. The summed E-state index contributed by atoms with van der Waals surface area (Å²) in [6.07, 6.45) is 4.04. The minimum absolute atomic E-state index is 0.301. The zero-order valence-electron chi connectivity index (χ0n) is 9.83. The van der Waals surface area contributed by atoms with Crippen LogP contribution in [0.3, 0.4) is 0 Å². The molecule has 1 fully saturated rings. The average Bonchev–Trinajstić information content (AvgIpc) is 2.92. The zero-order valence-corrected chi connectivity index (χ0v) is 10.7. The van der Waals surface area contributed by atoms with E-state index in [1.165, 1.54) is 0 Å². The Bertz CT molecular complexity index is 556. The lowest BCUT2D eigenvalue weighted by molar-refractivity contribution is 0.0460. The lowest BCUT2D eigenvalue weighted by atomic mass is 10.3. The van der Waals surface area contributed by atoms with Gasteiger partial charge >= 0.3 is 5.97 Å². The Labute approximate surface area is 109 Å². The highest BCUT2D eigenvalue weighted by Crippen LogP contribution is 2.37. The number of rotatable bonds is 4. The summed E-state index contributed by atoms with van der Waals surface area (Å²) in [7, 11) is 0. The molecule has 0 saturated heterocycles. The first-order valence-electron chi connectivity index (χ1n) is 5.89. The van der Waals surface area contributed by atoms with Crippen LogP contribution in [0.5, 0.6) is 0 Å². The largest absolute Gasteiger partial charge is 0.456 e. The van der Waals surface area contributed by atoms with Gasteiger partial charge in [-0.15, -0.1) is 0 Å². The fourth-order valence-electron chi connectivity index (χ4n) is 1.92. The number of aromatic nitrogens is 1. The maximum Gasteiger partial charge on any atom is 0.355 e. The van der Waals surface area contributed by atoms with E-state index in [-0.39, 0.29) is 5.97 Å². The number of esters is 1. The number of thiophene rings is 1. The van der Waals surface area contributed by atoms with Crippen LogP contribution < -0.4 is 5.73 Å². The second-order valence-electron chi connectivity index (χ2n) is 4.50. The second-order valence-corrected chi connectivity index (χ2v) is 5.28. The number of hydrogen-bond acceptors (Lipinski definition) is 4. The zero-order chi connectivity index (χ0) is 12.5. The van der Waals surface area contributed by atoms with E-state index in [4.69, 9.17) is 10.5 Å². The Hall–Kier alpha value is -1.75. The van der Waals surface area contributed by atoms with Crippen molar-refractivity contribution in [3.63, 3.8) is 0 Å². The maximum atomic E-state index is 12.0. The minimum Gasteiger partial charge on any atom is -0.456 e. The second kappa shape index (κ2) is 4.49. The van der Waals surface area contributed by atoms with Gasteiger partial charge in [0.2, 0.25) is 0 Å². The highest BCUT2D eigenvalue weighted by Gasteiger charge is 2.28. The van der Waals surface area contributed by atoms with E-state index >= 15 is 0 Å². The van der Waals surface area contributed by atoms with Gasteiger partial charge in [0.05, 0.1) is 5.69 Å². The van der Waals surface area contributed by atoms with E-state index < -0.39 is 0 Å². The van der Waals surface area contributed by atoms with Gasteiger partial charge in [-0.05, 0) is 35.7 Å². The molecule has 1 aliphatic carbocycles. The quantitative estimate of drug-likeness (QED) is 0.862. The van der Waals surface area contributed by atoms with Gasteiger partial charge in [0.15, 0.2) is 0 Å². The number of nitrogens with two attached hydrogens (primary N) is 1. The van der Waals surface area contributed by atoms with Gasteiger partial charge in [0, 0.05) is 17.8 Å². The molecule has 2 aromatic heterocycles. The Kier molecular flexibility index (Phi) is 2.83. The van der Waals surface area contributed by atoms with Crippen molar-refractivity contribution in [3.05, 3.63) is 40.3 Å². The van der Waals surface area contributed by atoms with Gasteiger partial charge in [-0.2, -0.15) is 11.3 Å². The average molecular weight is 262 g/mol. The third-order valence-corrected chi connectivity index (χ3v) is 3.70. The van der Waals surface area contributed by atoms with E-state index in [1.807, 2.05) is 27.6 Å². The summed E-state index contributed by atoms with van der Waals surface area (Å²) in [6, 6.07) is 4.06. The first-order valence-corrected chi connectivity index (χ1v) is 6.84. The van der Waals surface area contributed by atoms with Crippen LogP contribution in [0.25, 0.3) is 0 Å². The third kappa shape index (κ3) is 2.26. The van der Waals surface area contributed by atoms with Crippen LogP contribution >= 0.6 is 11.3 Å². The van der Waals surface area contributed by atoms with Crippen molar-refractivity contribution in [3.8, 4) is 0 Å². The van der Waals surface area contributed by atoms with Crippen molar-refractivity contribution < 1.29 is 9.53 Å². The smallest absolute Gasteiger partial charge is 0.355 e. The van der Waals surface area contributed by atoms with Crippen LogP contribution in [-0.2, 0) is 11.3 Å². The summed E-state index contributed by atoms with van der Waals surface area (Å²) in [5, 5.41) is 3.94. The normalized spacial score (nSPS) is 14.7. The van der Waals surface area contributed by atoms with Crippen LogP contribution in [0.15, 0.2) is 29.1 Å². The van der Waals surface area contributed by atoms with Gasteiger partial charge in [0.1, 0.15) is 12.3 Å². The maximum absolute atomic E-state index is 12.0. The molecule has 1 saturated carbocycles. The molecule has 2 heterocycles. The first kappa shape index (κ1) is 11.3. The summed E-state index contributed by atoms with van der Waals surface area (Å²) < 4.78 is 7.23. The molecule has 1 aliphatic rings. The van der Waals surface area contributed by atoms with Gasteiger partial charge in [-0.1, -0.05) is 0 Å². The number of ether oxygens (including phenoxy) is 1. The number of anilines is 1. The molecule has 0 bridgehead atoms. The molecule has 0 radical (unpaired) electrons. The Balaban J connectivity index is 1.71. The fraction of sp³-hybridized carbons (Fsp3) is 0.308. The highest BCUT2D eigenvalue weighted by molar-refractivity contribution is 7.07. The van der Waals surface area contributed by atoms with E-state index in [2.05, 4.69) is 0 Å². The molecular formula is C13H14N2O2S. The summed E-state index contributed by atoms with van der Waals surface area (Å²) in [5.74, 6) is -0.301. The Morgan fingerprint density at radius 3 is 3.06 bits per heavy atom. The number of nitrogen functional groups attached to an aromatic ring is 1. The van der Waals surface area contributed by atoms with Crippen LogP contribution in [0, 0.1) is 0 Å². The van der Waals surface area contributed by atoms with Gasteiger partial charge in [0.25, 0.3) is 0 Å². The van der Waals surface area contributed by atoms with Crippen LogP contribution in [0.1, 0.15) is 34.9 Å². The van der Waals surface area contributed by atoms with Crippen molar-refractivity contribution in [1.82, 2.24) is 4.57 Å². The molecule has 0 aromatic carbocycles. The number of carbonyl (C=O) groups is 1. The van der Waals surface area contributed by atoms with E-state index in [0.29, 0.717) is 24.0 Å². The predicted molar refractivity (Wildman–Crippen MR) is 70.6 cm³/mol. The van der Waals surface area contributed by atoms with Gasteiger partial charge < -0.3 is 15.0 Å². The molecule has 0 spiro atoms. The molecule has 5 heteroatoms. The third-order valence-electron chi connectivity index (χ3n) is 2.97. The summed E-state index contributed by atoms with van der Waals surface area (Å²) in [4.78, 5) is 12.0. The molecule has 0 aliphatic heterocycles. The summed E-state index contributed by atoms with van der Waals surface area (Å²) >= 11 is 1.59. The molecule has 4 nitrogen and oxygen atoms in total. The molecule has 2 aromatic rings. The number of carbonyl (C=O) groups excluding carboxylic acids is 1. The molecule has 0 unspecified atom stereocenters. The van der Waals surface area contributed by atoms with Gasteiger partial charge in [-0.25, -0.2) is 4.79 Å². The summed E-state index contributed by atoms with van der Waals surface area (Å²) in [6.45, 7) is 0.318. The topological polar surface area (TPSA) is 57.3 Å². The number of hydrogen-bond donors (Lipinski definition) is 1. The molecule has 0 amide bonds. The molecule has 18 heavy (non-hydrogen) atoms. The van der Waals surface area contributed by atoms with Crippen molar-refractivity contribution in [1.29, 1.82) is 0 Å². The lowest BCUT2D eigenvalue weighted by Crippen LogP contribution is -2.10. The molecule has 2 N–H and O–H groups in total. The summed E-state index contributed by atoms with van der Waals surface area (Å²) in [5.41, 5.74) is 7.94. The van der Waals surface area contributed by atoms with Crippen LogP contribution in [-0.4, -0.2) is 10.5 Å². The van der Waals surface area contributed by atoms with E-state index in [9.17, 15) is 4.79 Å². The molecule has 0 atom stereocenters. The molecule has 3 rings (SSSR count). The SMILES string of the molecule is Nc1cc(C(=O)OCc2ccsc2)n(C2CC2)c1. The van der Waals surface area contributed by atoms with Crippen molar-refractivity contribution in [2.24, 2.45) is 0 Å². The standard InChI is InChI=1S/C13H14N2O2S/c14-10-5-12(15(6-10)11-1-2-11)13(16)17-7-9-3-4-18-8-9/h3-6,8,11H,1-2,7,14H2. The molecular weight excluding hydrogens is 248 g/mol. The van der Waals surface area contributed by atoms with Gasteiger partial charge in [-0.3, -0.25) is 0 Å². The monoisotopic (exact) mass is 262 g/mol. The lowest BCUT2D eigenvalue weighted by Gasteiger charge is -2.07. The van der Waals surface area contributed by atoms with Crippen molar-refractivity contribution in [2.75, 3.05) is 5.73 Å². The fourth-order valence-corrected chi connectivity index (χ4v) is 2.57. The first-order chi connectivity index (χ1) is 8.74. The minimum atomic E-state index is -0.301. The van der Waals surface area contributed by atoms with E-state index in [0.717, 1.165) is 18.4 Å². The Morgan fingerprint density at radius 2 is 2.39 bits per heavy atom. The highest BCUT2D eigenvalue weighted by atomic mass is 32.1. The molecule has 94 valence electrons. The van der Waals surface area contributed by atoms with Crippen molar-refractivity contribution in [2.45, 2.75) is 25.5 Å². The van der Waals surface area contributed by atoms with Crippen molar-refractivity contribution >= 4 is 23.0 Å². The van der Waals surface area contributed by atoms with E-state index in [1.54, 1.807) is 17.4 Å². The van der Waals surface area contributed by atoms with Crippen LogP contribution in [0.2, 0.25) is 0 Å².